The van der Waals surface area contributed by atoms with Crippen LogP contribution in [0.15, 0.2) is 36.8 Å². The molecular weight excluding hydrogens is 340 g/mol. The molecule has 2 aliphatic rings. The van der Waals surface area contributed by atoms with E-state index in [1.165, 1.54) is 45.4 Å². The number of aromatic nitrogens is 4. The van der Waals surface area contributed by atoms with Gasteiger partial charge in [0.25, 0.3) is 0 Å². The number of benzene rings is 1. The molecule has 3 heterocycles. The molecule has 0 bridgehead atoms. The normalized spacial score (nSPS) is 14.9. The Morgan fingerprint density at radius 2 is 1.77 bits per heavy atom. The summed E-state index contributed by atoms with van der Waals surface area (Å²) in [4.78, 5) is 21.3. The summed E-state index contributed by atoms with van der Waals surface area (Å²) in [6, 6.07) is 8.51. The lowest BCUT2D eigenvalue weighted by Crippen LogP contribution is -2.09. The highest BCUT2D eigenvalue weighted by molar-refractivity contribution is 7.18. The van der Waals surface area contributed by atoms with Gasteiger partial charge in [-0.05, 0) is 43.2 Å². The van der Waals surface area contributed by atoms with Crippen LogP contribution in [0.3, 0.4) is 0 Å². The largest absolute Gasteiger partial charge is 0.236 e. The van der Waals surface area contributed by atoms with Gasteiger partial charge in [-0.3, -0.25) is 0 Å². The van der Waals surface area contributed by atoms with Crippen LogP contribution < -0.4 is 0 Å². The first-order valence-corrected chi connectivity index (χ1v) is 9.90. The molecular formula is C21H16N4S. The van der Waals surface area contributed by atoms with Crippen LogP contribution in [0.4, 0.5) is 0 Å². The molecule has 0 unspecified atom stereocenters. The van der Waals surface area contributed by atoms with Gasteiger partial charge in [-0.25, -0.2) is 19.9 Å². The van der Waals surface area contributed by atoms with Crippen molar-refractivity contribution in [2.24, 2.45) is 0 Å². The molecule has 4 aromatic rings. The number of nitrogens with zero attached hydrogens (tertiary/aromatic N) is 4. The summed E-state index contributed by atoms with van der Waals surface area (Å²) in [6.07, 6.45) is 9.21. The highest BCUT2D eigenvalue weighted by atomic mass is 32.1. The Balaban J connectivity index is 1.54. The fraction of sp³-hybridized carbons (Fsp3) is 0.238. The standard InChI is InChI=1S/C21H16N4S/c1-2-5-13-12(4-1)8-9-15-18(13)23-11-24-19(15)20-22-10-16-14-6-3-7-17(14)26-21(16)25-20/h1-2,4-5,10-11H,3,6-9H2. The number of hydrogen-bond donors (Lipinski definition) is 0. The summed E-state index contributed by atoms with van der Waals surface area (Å²) in [5, 5.41) is 1.24. The van der Waals surface area contributed by atoms with Gasteiger partial charge in [-0.1, -0.05) is 24.3 Å². The quantitative estimate of drug-likeness (QED) is 0.507. The molecule has 3 aromatic heterocycles. The fourth-order valence-electron chi connectivity index (χ4n) is 4.30. The van der Waals surface area contributed by atoms with Gasteiger partial charge in [0.15, 0.2) is 5.82 Å². The average molecular weight is 356 g/mol. The van der Waals surface area contributed by atoms with Crippen LogP contribution in [-0.2, 0) is 25.7 Å². The van der Waals surface area contributed by atoms with Gasteiger partial charge in [-0.2, -0.15) is 0 Å². The molecule has 1 aromatic carbocycles. The van der Waals surface area contributed by atoms with Gasteiger partial charge >= 0.3 is 0 Å². The lowest BCUT2D eigenvalue weighted by Gasteiger charge is -2.20. The maximum Gasteiger partial charge on any atom is 0.179 e. The first kappa shape index (κ1) is 14.5. The third-order valence-electron chi connectivity index (χ3n) is 5.54. The summed E-state index contributed by atoms with van der Waals surface area (Å²) in [6.45, 7) is 0. The van der Waals surface area contributed by atoms with Crippen LogP contribution in [0.2, 0.25) is 0 Å². The van der Waals surface area contributed by atoms with Crippen molar-refractivity contribution in [1.82, 2.24) is 19.9 Å². The third kappa shape index (κ3) is 2.01. The summed E-state index contributed by atoms with van der Waals surface area (Å²) in [7, 11) is 0. The highest BCUT2D eigenvalue weighted by Gasteiger charge is 2.24. The van der Waals surface area contributed by atoms with E-state index in [4.69, 9.17) is 9.97 Å². The van der Waals surface area contributed by atoms with Crippen LogP contribution in [0, 0.1) is 0 Å². The van der Waals surface area contributed by atoms with Gasteiger partial charge in [0.2, 0.25) is 0 Å². The summed E-state index contributed by atoms with van der Waals surface area (Å²) in [5.41, 5.74) is 7.14. The summed E-state index contributed by atoms with van der Waals surface area (Å²) in [5.74, 6) is 0.732. The Labute approximate surface area is 155 Å². The second-order valence-corrected chi connectivity index (χ2v) is 8.06. The van der Waals surface area contributed by atoms with Crippen molar-refractivity contribution in [3.05, 3.63) is 58.4 Å². The van der Waals surface area contributed by atoms with E-state index in [0.29, 0.717) is 0 Å². The highest BCUT2D eigenvalue weighted by Crippen LogP contribution is 2.38. The van der Waals surface area contributed by atoms with E-state index in [9.17, 15) is 0 Å². The third-order valence-corrected chi connectivity index (χ3v) is 6.74. The van der Waals surface area contributed by atoms with Gasteiger partial charge in [-0.15, -0.1) is 11.3 Å². The molecule has 0 radical (unpaired) electrons. The minimum absolute atomic E-state index is 0.732. The Hall–Kier alpha value is -2.66. The molecule has 0 atom stereocenters. The van der Waals surface area contributed by atoms with E-state index in [1.54, 1.807) is 6.33 Å². The predicted octanol–water partition coefficient (Wildman–Crippen LogP) is 4.40. The maximum absolute atomic E-state index is 4.89. The summed E-state index contributed by atoms with van der Waals surface area (Å²) < 4.78 is 0. The zero-order chi connectivity index (χ0) is 17.1. The topological polar surface area (TPSA) is 51.6 Å². The number of thiophene rings is 1. The van der Waals surface area contributed by atoms with Crippen LogP contribution in [0.1, 0.15) is 28.0 Å². The molecule has 0 saturated heterocycles. The number of rotatable bonds is 1. The molecule has 0 saturated carbocycles. The molecule has 2 aliphatic carbocycles. The maximum atomic E-state index is 4.89. The van der Waals surface area contributed by atoms with Crippen LogP contribution in [0.5, 0.6) is 0 Å². The van der Waals surface area contributed by atoms with E-state index in [1.807, 2.05) is 17.5 Å². The molecule has 0 fully saturated rings. The van der Waals surface area contributed by atoms with Crippen molar-refractivity contribution in [3.8, 4) is 22.8 Å². The first-order chi connectivity index (χ1) is 12.9. The monoisotopic (exact) mass is 356 g/mol. The molecule has 5 heteroatoms. The van der Waals surface area contributed by atoms with Crippen molar-refractivity contribution in [2.45, 2.75) is 32.1 Å². The average Bonchev–Trinajstić information content (AvgIpc) is 3.28. The van der Waals surface area contributed by atoms with Gasteiger partial charge in [0.05, 0.1) is 5.69 Å². The minimum atomic E-state index is 0.732. The molecule has 0 aliphatic heterocycles. The lowest BCUT2D eigenvalue weighted by molar-refractivity contribution is 0.908. The van der Waals surface area contributed by atoms with Crippen LogP contribution >= 0.6 is 11.3 Å². The number of hydrogen-bond acceptors (Lipinski definition) is 5. The lowest BCUT2D eigenvalue weighted by atomic mass is 9.88. The van der Waals surface area contributed by atoms with E-state index < -0.39 is 0 Å². The van der Waals surface area contributed by atoms with Crippen molar-refractivity contribution in [1.29, 1.82) is 0 Å². The Kier molecular flexibility index (Phi) is 3.02. The zero-order valence-corrected chi connectivity index (χ0v) is 15.0. The fourth-order valence-corrected chi connectivity index (χ4v) is 5.53. The molecule has 0 amide bonds. The number of fused-ring (bicyclic) bond motifs is 6. The second kappa shape index (κ2) is 5.42. The van der Waals surface area contributed by atoms with Crippen molar-refractivity contribution >= 4 is 21.6 Å². The van der Waals surface area contributed by atoms with E-state index in [0.717, 1.165) is 41.3 Å². The Morgan fingerprint density at radius 1 is 0.846 bits per heavy atom. The van der Waals surface area contributed by atoms with Crippen molar-refractivity contribution < 1.29 is 0 Å². The van der Waals surface area contributed by atoms with Gasteiger partial charge in [0.1, 0.15) is 16.9 Å². The van der Waals surface area contributed by atoms with Gasteiger partial charge < -0.3 is 0 Å². The van der Waals surface area contributed by atoms with Gasteiger partial charge in [0, 0.05) is 27.6 Å². The molecule has 126 valence electrons. The zero-order valence-electron chi connectivity index (χ0n) is 14.2. The van der Waals surface area contributed by atoms with E-state index >= 15 is 0 Å². The Morgan fingerprint density at radius 3 is 2.77 bits per heavy atom. The van der Waals surface area contributed by atoms with Crippen molar-refractivity contribution in [2.75, 3.05) is 0 Å². The van der Waals surface area contributed by atoms with Crippen molar-refractivity contribution in [3.63, 3.8) is 0 Å². The van der Waals surface area contributed by atoms with E-state index in [-0.39, 0.29) is 0 Å². The smallest absolute Gasteiger partial charge is 0.179 e. The van der Waals surface area contributed by atoms with Crippen LogP contribution in [0.25, 0.3) is 33.0 Å². The first-order valence-electron chi connectivity index (χ1n) is 9.08. The minimum Gasteiger partial charge on any atom is -0.236 e. The predicted molar refractivity (Wildman–Crippen MR) is 103 cm³/mol. The second-order valence-electron chi connectivity index (χ2n) is 6.98. The molecule has 26 heavy (non-hydrogen) atoms. The Bertz CT molecular complexity index is 1180. The molecule has 0 spiro atoms. The number of aryl methyl sites for hydroxylation is 3. The molecule has 0 N–H and O–H groups in total. The van der Waals surface area contributed by atoms with E-state index in [2.05, 4.69) is 34.2 Å². The summed E-state index contributed by atoms with van der Waals surface area (Å²) >= 11 is 1.83. The molecule has 6 rings (SSSR count). The van der Waals surface area contributed by atoms with Crippen LogP contribution in [-0.4, -0.2) is 19.9 Å². The molecule has 4 nitrogen and oxygen atoms in total. The SMILES string of the molecule is c1ccc2c(c1)CCc1c(-c3ncc4c5c(sc4n3)CCC5)ncnc1-2.